The number of carbonyl (C=O) groups is 2. The van der Waals surface area contributed by atoms with E-state index in [-0.39, 0.29) is 37.7 Å². The van der Waals surface area contributed by atoms with E-state index in [4.69, 9.17) is 14.6 Å². The molecule has 0 aromatic heterocycles. The molecule has 0 saturated carbocycles. The maximum Gasteiger partial charge on any atom is 0.331 e. The number of carbonyl (C=O) groups excluding carboxylic acids is 1. The Morgan fingerprint density at radius 1 is 1.40 bits per heavy atom. The lowest BCUT2D eigenvalue weighted by Crippen LogP contribution is -2.56. The highest BCUT2D eigenvalue weighted by Gasteiger charge is 2.43. The van der Waals surface area contributed by atoms with E-state index in [1.165, 1.54) is 12.1 Å². The molecule has 1 aliphatic heterocycles. The number of amides is 1. The van der Waals surface area contributed by atoms with Gasteiger partial charge in [0.1, 0.15) is 0 Å². The molecule has 3 N–H and O–H groups in total. The Morgan fingerprint density at radius 3 is 2.75 bits per heavy atom. The summed E-state index contributed by atoms with van der Waals surface area (Å²) in [7, 11) is 0. The summed E-state index contributed by atoms with van der Waals surface area (Å²) in [5, 5.41) is 21.1. The van der Waals surface area contributed by atoms with Gasteiger partial charge in [-0.1, -0.05) is 12.1 Å². The molecule has 108 valence electrons. The van der Waals surface area contributed by atoms with Gasteiger partial charge < -0.3 is 25.0 Å². The third-order valence-electron chi connectivity index (χ3n) is 3.03. The Kier molecular flexibility index (Phi) is 4.09. The maximum absolute atomic E-state index is 11.8. The summed E-state index contributed by atoms with van der Waals surface area (Å²) in [4.78, 5) is 23.0. The first-order valence-corrected chi connectivity index (χ1v) is 6.06. The lowest BCUT2D eigenvalue weighted by atomic mass is 9.99. The zero-order chi connectivity index (χ0) is 14.6. The van der Waals surface area contributed by atoms with E-state index in [9.17, 15) is 14.7 Å². The van der Waals surface area contributed by atoms with Gasteiger partial charge in [-0.3, -0.25) is 4.79 Å². The summed E-state index contributed by atoms with van der Waals surface area (Å²) in [6.45, 7) is -0.163. The molecule has 1 amide bonds. The molecular weight excluding hydrogens is 266 g/mol. The number of rotatable bonds is 5. The quantitative estimate of drug-likeness (QED) is 0.708. The van der Waals surface area contributed by atoms with E-state index in [2.05, 4.69) is 5.32 Å². The molecule has 1 fully saturated rings. The van der Waals surface area contributed by atoms with Crippen LogP contribution < -0.4 is 10.1 Å². The average Bonchev–Trinajstić information content (AvgIpc) is 2.88. The first-order valence-electron chi connectivity index (χ1n) is 6.06. The summed E-state index contributed by atoms with van der Waals surface area (Å²) < 4.78 is 10.2. The molecule has 0 radical (unpaired) electrons. The number of carboxylic acid groups (broad SMARTS) is 1. The Bertz CT molecular complexity index is 509. The van der Waals surface area contributed by atoms with Crippen LogP contribution in [0.5, 0.6) is 11.5 Å². The van der Waals surface area contributed by atoms with Crippen molar-refractivity contribution in [2.45, 2.75) is 12.0 Å². The monoisotopic (exact) mass is 281 g/mol. The predicted octanol–water partition coefficient (Wildman–Crippen LogP) is 0.131. The van der Waals surface area contributed by atoms with E-state index in [0.717, 1.165) is 0 Å². The smallest absolute Gasteiger partial charge is 0.331 e. The molecule has 1 aromatic carbocycles. The number of nitrogens with one attached hydrogen (secondary N) is 1. The van der Waals surface area contributed by atoms with Crippen LogP contribution >= 0.6 is 0 Å². The number of benzene rings is 1. The average molecular weight is 281 g/mol. The third-order valence-corrected chi connectivity index (χ3v) is 3.03. The van der Waals surface area contributed by atoms with Crippen LogP contribution in [-0.4, -0.2) is 47.4 Å². The largest absolute Gasteiger partial charge is 0.504 e. The summed E-state index contributed by atoms with van der Waals surface area (Å²) in [5.74, 6) is -1.64. The van der Waals surface area contributed by atoms with Crippen molar-refractivity contribution in [2.24, 2.45) is 0 Å². The zero-order valence-electron chi connectivity index (χ0n) is 10.7. The summed E-state index contributed by atoms with van der Waals surface area (Å²) in [6.07, 6.45) is 0.213. The molecule has 1 aromatic rings. The third kappa shape index (κ3) is 3.00. The van der Waals surface area contributed by atoms with Gasteiger partial charge in [-0.2, -0.15) is 0 Å². The molecule has 0 bridgehead atoms. The molecule has 1 aliphatic rings. The first kappa shape index (κ1) is 14.1. The highest BCUT2D eigenvalue weighted by atomic mass is 16.5. The fourth-order valence-electron chi connectivity index (χ4n) is 1.91. The number of para-hydroxylation sites is 2. The Hall–Kier alpha value is -2.28. The standard InChI is InChI=1S/C13H15NO6/c15-9-3-1-2-4-10(9)20-7-11(16)14-13(12(17)18)5-6-19-8-13/h1-4,15H,5-8H2,(H,14,16)(H,17,18). The molecule has 0 aliphatic carbocycles. The number of phenolic OH excluding ortho intramolecular Hbond substituents is 1. The van der Waals surface area contributed by atoms with E-state index < -0.39 is 17.4 Å². The van der Waals surface area contributed by atoms with Crippen molar-refractivity contribution in [1.29, 1.82) is 0 Å². The fourth-order valence-corrected chi connectivity index (χ4v) is 1.91. The highest BCUT2D eigenvalue weighted by Crippen LogP contribution is 2.24. The van der Waals surface area contributed by atoms with Gasteiger partial charge >= 0.3 is 5.97 Å². The molecule has 0 spiro atoms. The number of hydrogen-bond acceptors (Lipinski definition) is 5. The lowest BCUT2D eigenvalue weighted by Gasteiger charge is -2.23. The number of ether oxygens (including phenoxy) is 2. The van der Waals surface area contributed by atoms with Crippen LogP contribution in [0, 0.1) is 0 Å². The molecule has 20 heavy (non-hydrogen) atoms. The van der Waals surface area contributed by atoms with Crippen LogP contribution in [0.2, 0.25) is 0 Å². The van der Waals surface area contributed by atoms with Crippen LogP contribution in [0.1, 0.15) is 6.42 Å². The van der Waals surface area contributed by atoms with Gasteiger partial charge in [-0.15, -0.1) is 0 Å². The van der Waals surface area contributed by atoms with Gasteiger partial charge in [0.25, 0.3) is 5.91 Å². The Labute approximate surface area is 115 Å². The number of hydrogen-bond donors (Lipinski definition) is 3. The second kappa shape index (κ2) is 5.79. The van der Waals surface area contributed by atoms with Crippen molar-refractivity contribution in [1.82, 2.24) is 5.32 Å². The zero-order valence-corrected chi connectivity index (χ0v) is 10.7. The maximum atomic E-state index is 11.8. The number of aromatic hydroxyl groups is 1. The fraction of sp³-hybridized carbons (Fsp3) is 0.385. The van der Waals surface area contributed by atoms with Gasteiger partial charge in [-0.05, 0) is 12.1 Å². The molecule has 7 nitrogen and oxygen atoms in total. The topological polar surface area (TPSA) is 105 Å². The molecule has 7 heteroatoms. The van der Waals surface area contributed by atoms with E-state index >= 15 is 0 Å². The van der Waals surface area contributed by atoms with Gasteiger partial charge in [-0.25, -0.2) is 4.79 Å². The van der Waals surface area contributed by atoms with Crippen molar-refractivity contribution in [3.63, 3.8) is 0 Å². The number of carboxylic acids is 1. The van der Waals surface area contributed by atoms with Gasteiger partial charge in [0, 0.05) is 13.0 Å². The van der Waals surface area contributed by atoms with Crippen LogP contribution in [0.25, 0.3) is 0 Å². The van der Waals surface area contributed by atoms with Crippen LogP contribution in [0.4, 0.5) is 0 Å². The van der Waals surface area contributed by atoms with Crippen molar-refractivity contribution in [3.8, 4) is 11.5 Å². The van der Waals surface area contributed by atoms with E-state index in [1.807, 2.05) is 0 Å². The van der Waals surface area contributed by atoms with Crippen molar-refractivity contribution in [3.05, 3.63) is 24.3 Å². The lowest BCUT2D eigenvalue weighted by molar-refractivity contribution is -0.148. The molecular formula is C13H15NO6. The number of aliphatic carboxylic acids is 1. The Morgan fingerprint density at radius 2 is 2.15 bits per heavy atom. The van der Waals surface area contributed by atoms with Crippen molar-refractivity contribution >= 4 is 11.9 Å². The van der Waals surface area contributed by atoms with Gasteiger partial charge in [0.05, 0.1) is 6.61 Å². The Balaban J connectivity index is 1.92. The van der Waals surface area contributed by atoms with Gasteiger partial charge in [0.15, 0.2) is 23.6 Å². The van der Waals surface area contributed by atoms with Gasteiger partial charge in [0.2, 0.25) is 0 Å². The molecule has 1 heterocycles. The summed E-state index contributed by atoms with van der Waals surface area (Å²) in [5.41, 5.74) is -1.39. The second-order valence-electron chi connectivity index (χ2n) is 4.49. The minimum absolute atomic E-state index is 0.0648. The minimum Gasteiger partial charge on any atom is -0.504 e. The molecule has 2 rings (SSSR count). The second-order valence-corrected chi connectivity index (χ2v) is 4.49. The van der Waals surface area contributed by atoms with Crippen molar-refractivity contribution < 1.29 is 29.3 Å². The van der Waals surface area contributed by atoms with E-state index in [0.29, 0.717) is 0 Å². The van der Waals surface area contributed by atoms with E-state index in [1.54, 1.807) is 12.1 Å². The molecule has 1 saturated heterocycles. The van der Waals surface area contributed by atoms with Crippen LogP contribution in [0.3, 0.4) is 0 Å². The molecule has 1 unspecified atom stereocenters. The van der Waals surface area contributed by atoms with Crippen molar-refractivity contribution in [2.75, 3.05) is 19.8 Å². The van der Waals surface area contributed by atoms with Crippen LogP contribution in [0.15, 0.2) is 24.3 Å². The SMILES string of the molecule is O=C(COc1ccccc1O)NC1(C(=O)O)CCOC1. The normalized spacial score (nSPS) is 21.4. The first-order chi connectivity index (χ1) is 9.53. The summed E-state index contributed by atoms with van der Waals surface area (Å²) in [6, 6.07) is 6.21. The molecule has 1 atom stereocenters. The highest BCUT2D eigenvalue weighted by molar-refractivity contribution is 5.88. The van der Waals surface area contributed by atoms with Crippen LogP contribution in [-0.2, 0) is 14.3 Å². The predicted molar refractivity (Wildman–Crippen MR) is 67.5 cm³/mol. The minimum atomic E-state index is -1.39. The number of phenols is 1. The summed E-state index contributed by atoms with van der Waals surface area (Å²) >= 11 is 0.